The molecule has 2 aromatic rings. The predicted molar refractivity (Wildman–Crippen MR) is 97.8 cm³/mol. The molecule has 6 heteroatoms. The third-order valence-electron chi connectivity index (χ3n) is 2.89. The van der Waals surface area contributed by atoms with Crippen molar-refractivity contribution < 1.29 is 9.53 Å². The molecule has 0 aliphatic heterocycles. The zero-order chi connectivity index (χ0) is 16.7. The number of hydrogen-bond donors (Lipinski definition) is 2. The molecule has 0 aliphatic carbocycles. The van der Waals surface area contributed by atoms with Crippen molar-refractivity contribution in [3.8, 4) is 5.75 Å². The monoisotopic (exact) mass is 346 g/mol. The van der Waals surface area contributed by atoms with Gasteiger partial charge in [0.1, 0.15) is 5.75 Å². The Balaban J connectivity index is 1.92. The lowest BCUT2D eigenvalue weighted by Crippen LogP contribution is -2.32. The van der Waals surface area contributed by atoms with Crippen LogP contribution >= 0.6 is 23.8 Å². The van der Waals surface area contributed by atoms with Gasteiger partial charge < -0.3 is 10.1 Å². The smallest absolute Gasteiger partial charge is 0.250 e. The van der Waals surface area contributed by atoms with Crippen molar-refractivity contribution in [3.05, 3.63) is 65.2 Å². The van der Waals surface area contributed by atoms with Gasteiger partial charge in [-0.3, -0.25) is 10.1 Å². The van der Waals surface area contributed by atoms with Crippen LogP contribution in [0.4, 0.5) is 5.69 Å². The van der Waals surface area contributed by atoms with Crippen molar-refractivity contribution in [2.75, 3.05) is 12.4 Å². The quantitative estimate of drug-likeness (QED) is 0.651. The van der Waals surface area contributed by atoms with E-state index in [1.807, 2.05) is 24.3 Å². The molecule has 4 nitrogen and oxygen atoms in total. The number of anilines is 1. The molecule has 0 spiro atoms. The number of rotatable bonds is 4. The Morgan fingerprint density at radius 2 is 1.87 bits per heavy atom. The normalized spacial score (nSPS) is 10.3. The van der Waals surface area contributed by atoms with Crippen molar-refractivity contribution in [1.82, 2.24) is 5.32 Å². The van der Waals surface area contributed by atoms with Crippen molar-refractivity contribution in [1.29, 1.82) is 0 Å². The third kappa shape index (κ3) is 5.39. The average Bonchev–Trinajstić information content (AvgIpc) is 2.54. The Labute approximate surface area is 145 Å². The molecule has 23 heavy (non-hydrogen) atoms. The maximum atomic E-state index is 11.9. The van der Waals surface area contributed by atoms with E-state index >= 15 is 0 Å². The molecule has 0 fully saturated rings. The van der Waals surface area contributed by atoms with Crippen LogP contribution in [-0.4, -0.2) is 18.1 Å². The second-order valence-electron chi connectivity index (χ2n) is 4.53. The summed E-state index contributed by atoms with van der Waals surface area (Å²) in [5.74, 6) is 0.313. The summed E-state index contributed by atoms with van der Waals surface area (Å²) in [6, 6.07) is 14.4. The summed E-state index contributed by atoms with van der Waals surface area (Å²) in [4.78, 5) is 11.9. The van der Waals surface area contributed by atoms with Gasteiger partial charge in [-0.15, -0.1) is 0 Å². The lowest BCUT2D eigenvalue weighted by atomic mass is 10.2. The van der Waals surface area contributed by atoms with Gasteiger partial charge in [0.15, 0.2) is 5.11 Å². The van der Waals surface area contributed by atoms with E-state index in [9.17, 15) is 4.79 Å². The Hall–Kier alpha value is -2.37. The van der Waals surface area contributed by atoms with Gasteiger partial charge in [-0.25, -0.2) is 0 Å². The molecule has 0 radical (unpaired) electrons. The van der Waals surface area contributed by atoms with Crippen LogP contribution in [0.2, 0.25) is 5.02 Å². The van der Waals surface area contributed by atoms with Crippen molar-refractivity contribution in [3.63, 3.8) is 0 Å². The third-order valence-corrected chi connectivity index (χ3v) is 3.35. The molecule has 118 valence electrons. The second kappa shape index (κ2) is 8.31. The summed E-state index contributed by atoms with van der Waals surface area (Å²) in [5.41, 5.74) is 1.55. The van der Waals surface area contributed by atoms with E-state index in [0.717, 1.165) is 5.56 Å². The highest BCUT2D eigenvalue weighted by Crippen LogP contribution is 2.22. The SMILES string of the molecule is COc1ccccc1NC(=S)NC(=O)/C=C/c1ccc(Cl)cc1. The minimum atomic E-state index is -0.327. The number of halogens is 1. The Morgan fingerprint density at radius 1 is 1.17 bits per heavy atom. The number of carbonyl (C=O) groups excluding carboxylic acids is 1. The van der Waals surface area contributed by atoms with Crippen LogP contribution in [0.25, 0.3) is 6.08 Å². The molecule has 0 aromatic heterocycles. The van der Waals surface area contributed by atoms with Crippen LogP contribution in [0.5, 0.6) is 5.75 Å². The zero-order valence-electron chi connectivity index (χ0n) is 12.4. The molecule has 0 bridgehead atoms. The minimum Gasteiger partial charge on any atom is -0.495 e. The fourth-order valence-electron chi connectivity index (χ4n) is 1.80. The van der Waals surface area contributed by atoms with Gasteiger partial charge in [0, 0.05) is 11.1 Å². The number of para-hydroxylation sites is 2. The highest BCUT2D eigenvalue weighted by molar-refractivity contribution is 7.80. The van der Waals surface area contributed by atoms with E-state index in [1.165, 1.54) is 6.08 Å². The van der Waals surface area contributed by atoms with Crippen LogP contribution in [0.15, 0.2) is 54.6 Å². The van der Waals surface area contributed by atoms with E-state index in [0.29, 0.717) is 16.5 Å². The number of methoxy groups -OCH3 is 1. The number of amides is 1. The lowest BCUT2D eigenvalue weighted by Gasteiger charge is -2.11. The number of thiocarbonyl (C=S) groups is 1. The molecule has 2 N–H and O–H groups in total. The first-order valence-corrected chi connectivity index (χ1v) is 7.56. The number of carbonyl (C=O) groups is 1. The fourth-order valence-corrected chi connectivity index (χ4v) is 2.14. The first kappa shape index (κ1) is 17.0. The Bertz CT molecular complexity index is 730. The number of nitrogens with one attached hydrogen (secondary N) is 2. The van der Waals surface area contributed by atoms with Gasteiger partial charge in [-0.2, -0.15) is 0 Å². The van der Waals surface area contributed by atoms with Crippen LogP contribution in [0.3, 0.4) is 0 Å². The molecule has 0 saturated heterocycles. The topological polar surface area (TPSA) is 50.4 Å². The van der Waals surface area contributed by atoms with Crippen LogP contribution in [0, 0.1) is 0 Å². The van der Waals surface area contributed by atoms with Crippen molar-refractivity contribution in [2.24, 2.45) is 0 Å². The van der Waals surface area contributed by atoms with Gasteiger partial charge >= 0.3 is 0 Å². The summed E-state index contributed by atoms with van der Waals surface area (Å²) < 4.78 is 5.21. The molecule has 0 unspecified atom stereocenters. The predicted octanol–water partition coefficient (Wildman–Crippen LogP) is 3.88. The Kier molecular flexibility index (Phi) is 6.14. The van der Waals surface area contributed by atoms with Gasteiger partial charge in [-0.05, 0) is 48.1 Å². The fraction of sp³-hybridized carbons (Fsp3) is 0.0588. The Morgan fingerprint density at radius 3 is 2.57 bits per heavy atom. The van der Waals surface area contributed by atoms with Crippen LogP contribution in [-0.2, 0) is 4.79 Å². The molecular formula is C17H15ClN2O2S. The molecule has 0 heterocycles. The number of ether oxygens (including phenoxy) is 1. The minimum absolute atomic E-state index is 0.195. The number of benzene rings is 2. The summed E-state index contributed by atoms with van der Waals surface area (Å²) in [7, 11) is 1.57. The van der Waals surface area contributed by atoms with Crippen LogP contribution < -0.4 is 15.4 Å². The van der Waals surface area contributed by atoms with Crippen molar-refractivity contribution in [2.45, 2.75) is 0 Å². The first-order valence-electron chi connectivity index (χ1n) is 6.77. The largest absolute Gasteiger partial charge is 0.495 e. The molecule has 0 atom stereocenters. The molecule has 0 saturated carbocycles. The first-order chi connectivity index (χ1) is 11.1. The standard InChI is InChI=1S/C17H15ClN2O2S/c1-22-15-5-3-2-4-14(15)19-17(23)20-16(21)11-8-12-6-9-13(18)10-7-12/h2-11H,1H3,(H2,19,20,21,23)/b11-8+. The van der Waals surface area contributed by atoms with Gasteiger partial charge in [0.25, 0.3) is 0 Å². The summed E-state index contributed by atoms with van der Waals surface area (Å²) >= 11 is 10.9. The highest BCUT2D eigenvalue weighted by Gasteiger charge is 2.05. The summed E-state index contributed by atoms with van der Waals surface area (Å²) in [6.45, 7) is 0. The van der Waals surface area contributed by atoms with Gasteiger partial charge in [0.05, 0.1) is 12.8 Å². The lowest BCUT2D eigenvalue weighted by molar-refractivity contribution is -0.115. The van der Waals surface area contributed by atoms with E-state index in [2.05, 4.69) is 10.6 Å². The second-order valence-corrected chi connectivity index (χ2v) is 5.37. The van der Waals surface area contributed by atoms with E-state index in [4.69, 9.17) is 28.6 Å². The zero-order valence-corrected chi connectivity index (χ0v) is 13.9. The molecule has 0 aliphatic rings. The maximum Gasteiger partial charge on any atom is 0.250 e. The van der Waals surface area contributed by atoms with E-state index < -0.39 is 0 Å². The van der Waals surface area contributed by atoms with Crippen molar-refractivity contribution >= 4 is 46.6 Å². The van der Waals surface area contributed by atoms with Gasteiger partial charge in [0.2, 0.25) is 5.91 Å². The molecular weight excluding hydrogens is 332 g/mol. The van der Waals surface area contributed by atoms with Crippen LogP contribution in [0.1, 0.15) is 5.56 Å². The average molecular weight is 347 g/mol. The van der Waals surface area contributed by atoms with E-state index in [1.54, 1.807) is 37.5 Å². The summed E-state index contributed by atoms with van der Waals surface area (Å²) in [6.07, 6.45) is 3.08. The maximum absolute atomic E-state index is 11.9. The molecule has 2 rings (SSSR count). The van der Waals surface area contributed by atoms with Gasteiger partial charge in [-0.1, -0.05) is 35.9 Å². The molecule has 2 aromatic carbocycles. The highest BCUT2D eigenvalue weighted by atomic mass is 35.5. The van der Waals surface area contributed by atoms with E-state index in [-0.39, 0.29) is 11.0 Å². The molecule has 1 amide bonds. The number of hydrogen-bond acceptors (Lipinski definition) is 3. The summed E-state index contributed by atoms with van der Waals surface area (Å²) in [5, 5.41) is 6.34.